The molecular weight excluding hydrogens is 260 g/mol. The molecule has 0 amide bonds. The van der Waals surface area contributed by atoms with E-state index in [0.717, 1.165) is 6.42 Å². The van der Waals surface area contributed by atoms with E-state index in [-0.39, 0.29) is 47.5 Å². The Labute approximate surface area is 136 Å². The lowest BCUT2D eigenvalue weighted by Gasteiger charge is -2.56. The zero-order valence-corrected chi connectivity index (χ0v) is 12.8. The summed E-state index contributed by atoms with van der Waals surface area (Å²) in [6, 6.07) is -0.628. The fourth-order valence-electron chi connectivity index (χ4n) is 5.76. The second-order valence-electron chi connectivity index (χ2n) is 7.67. The molecule has 4 rings (SSSR count). The fourth-order valence-corrected chi connectivity index (χ4v) is 5.76. The molecule has 7 atom stereocenters. The Balaban J connectivity index is 1.90. The van der Waals surface area contributed by atoms with E-state index in [0.29, 0.717) is 12.8 Å². The first kappa shape index (κ1) is 8.86. The maximum atomic E-state index is 12.3. The Morgan fingerprint density at radius 1 is 1.38 bits per heavy atom. The van der Waals surface area contributed by atoms with E-state index in [9.17, 15) is 11.3 Å². The third kappa shape index (κ3) is 1.91. The van der Waals surface area contributed by atoms with Crippen LogP contribution in [0.3, 0.4) is 0 Å². The topological polar surface area (TPSA) is 37.3 Å². The number of fused-ring (bicyclic) bond motifs is 5. The monoisotopic (exact) mass is 294 g/mol. The van der Waals surface area contributed by atoms with Gasteiger partial charge in [0.25, 0.3) is 0 Å². The van der Waals surface area contributed by atoms with Crippen LogP contribution in [0.15, 0.2) is 11.6 Å². The zero-order valence-electron chi connectivity index (χ0n) is 18.8. The molecule has 3 saturated carbocycles. The number of rotatable bonds is 0. The summed E-state index contributed by atoms with van der Waals surface area (Å²) in [6.07, 6.45) is -2.78. The Morgan fingerprint density at radius 2 is 2.19 bits per heavy atom. The summed E-state index contributed by atoms with van der Waals surface area (Å²) in [4.78, 5) is 12.3. The van der Waals surface area contributed by atoms with Crippen molar-refractivity contribution in [1.29, 1.82) is 0 Å². The summed E-state index contributed by atoms with van der Waals surface area (Å²) in [5, 5.41) is 10.6. The van der Waals surface area contributed by atoms with Gasteiger partial charge < -0.3 is 5.11 Å². The normalized spacial score (nSPS) is 65.7. The molecule has 0 radical (unpaired) electrons. The van der Waals surface area contributed by atoms with Gasteiger partial charge >= 0.3 is 0 Å². The van der Waals surface area contributed by atoms with Gasteiger partial charge in [0.05, 0.1) is 7.47 Å². The van der Waals surface area contributed by atoms with E-state index in [1.54, 1.807) is 0 Å². The molecule has 21 heavy (non-hydrogen) atoms. The van der Waals surface area contributed by atoms with Crippen LogP contribution in [0.4, 0.5) is 0 Å². The van der Waals surface area contributed by atoms with Crippen molar-refractivity contribution in [1.82, 2.24) is 0 Å². The van der Waals surface area contributed by atoms with Crippen LogP contribution in [0.5, 0.6) is 0 Å². The number of aliphatic hydroxyl groups excluding tert-OH is 1. The molecule has 116 valence electrons. The minimum Gasteiger partial charge on any atom is -0.393 e. The molecule has 0 aliphatic heterocycles. The van der Waals surface area contributed by atoms with E-state index >= 15 is 0 Å². The molecule has 0 spiro atoms. The Kier molecular flexibility index (Phi) is 1.97. The minimum absolute atomic E-state index is 0.00981. The molecule has 0 aromatic heterocycles. The van der Waals surface area contributed by atoms with Crippen molar-refractivity contribution in [2.75, 3.05) is 0 Å². The van der Waals surface area contributed by atoms with Gasteiger partial charge in [0.1, 0.15) is 0 Å². The Hall–Kier alpha value is -0.630. The molecule has 3 fully saturated rings. The molecule has 0 bridgehead atoms. The van der Waals surface area contributed by atoms with Crippen LogP contribution in [-0.4, -0.2) is 17.0 Å². The SMILES string of the molecule is [2H]C1=C2C([2H])([2H])CC3C([C@@H](C)C[C@@]4(C)C3CC[C@@H]4O)C2([2H])CC([2H])([2H])C1=O. The summed E-state index contributed by atoms with van der Waals surface area (Å²) in [5.74, 6) is -2.95. The maximum absolute atomic E-state index is 12.3. The second-order valence-corrected chi connectivity index (χ2v) is 7.67. The quantitative estimate of drug-likeness (QED) is 0.739. The van der Waals surface area contributed by atoms with Crippen LogP contribution in [0.25, 0.3) is 0 Å². The number of carbonyl (C=O) groups is 1. The number of aliphatic hydroxyl groups is 1. The smallest absolute Gasteiger partial charge is 0.155 e. The summed E-state index contributed by atoms with van der Waals surface area (Å²) >= 11 is 0. The first-order valence-electron chi connectivity index (χ1n) is 11.2. The van der Waals surface area contributed by atoms with Crippen molar-refractivity contribution in [2.45, 2.75) is 64.8 Å². The molecule has 2 heteroatoms. The van der Waals surface area contributed by atoms with Crippen molar-refractivity contribution in [3.05, 3.63) is 11.6 Å². The van der Waals surface area contributed by atoms with Gasteiger partial charge in [-0.2, -0.15) is 0 Å². The Bertz CT molecular complexity index is 734. The number of carbonyl (C=O) groups excluding carboxylic acids is 1. The first-order chi connectivity index (χ1) is 12.3. The van der Waals surface area contributed by atoms with Crippen molar-refractivity contribution < 1.29 is 18.1 Å². The third-order valence-corrected chi connectivity index (χ3v) is 6.63. The molecular formula is C19H28O2. The lowest BCUT2D eigenvalue weighted by Crippen LogP contribution is -2.51. The summed E-state index contributed by atoms with van der Waals surface area (Å²) in [5.41, 5.74) is -0.410. The van der Waals surface area contributed by atoms with Crippen LogP contribution < -0.4 is 0 Å². The minimum atomic E-state index is -2.31. The van der Waals surface area contributed by atoms with Gasteiger partial charge in [-0.05, 0) is 79.5 Å². The predicted octanol–water partition coefficient (Wildman–Crippen LogP) is 3.74. The lowest BCUT2D eigenvalue weighted by atomic mass is 9.49. The van der Waals surface area contributed by atoms with E-state index in [1.807, 2.05) is 6.92 Å². The maximum Gasteiger partial charge on any atom is 0.155 e. The molecule has 0 saturated heterocycles. The van der Waals surface area contributed by atoms with Gasteiger partial charge in [-0.15, -0.1) is 0 Å². The highest BCUT2D eigenvalue weighted by Crippen LogP contribution is 2.63. The van der Waals surface area contributed by atoms with Crippen molar-refractivity contribution in [3.8, 4) is 0 Å². The highest BCUT2D eigenvalue weighted by Gasteiger charge is 2.58. The number of hydrogen-bond donors (Lipinski definition) is 1. The number of ketones is 1. The van der Waals surface area contributed by atoms with Gasteiger partial charge in [0.2, 0.25) is 0 Å². The second kappa shape index (κ2) is 4.68. The molecule has 2 nitrogen and oxygen atoms in total. The average molecular weight is 294 g/mol. The van der Waals surface area contributed by atoms with Crippen LogP contribution in [0.2, 0.25) is 0 Å². The average Bonchev–Trinajstić information content (AvgIpc) is 2.78. The van der Waals surface area contributed by atoms with Crippen LogP contribution in [0, 0.1) is 35.0 Å². The van der Waals surface area contributed by atoms with Gasteiger partial charge in [-0.1, -0.05) is 19.4 Å². The van der Waals surface area contributed by atoms with Crippen molar-refractivity contribution >= 4 is 5.78 Å². The molecule has 0 aromatic carbocycles. The molecule has 0 aromatic rings. The van der Waals surface area contributed by atoms with E-state index in [2.05, 4.69) is 6.92 Å². The molecule has 4 aliphatic carbocycles. The lowest BCUT2D eigenvalue weighted by molar-refractivity contribution is -0.117. The Morgan fingerprint density at radius 3 is 3.00 bits per heavy atom. The first-order valence-corrected chi connectivity index (χ1v) is 8.20. The van der Waals surface area contributed by atoms with Crippen LogP contribution >= 0.6 is 0 Å². The van der Waals surface area contributed by atoms with Crippen LogP contribution in [-0.2, 0) is 4.79 Å². The molecule has 1 N–H and O–H groups in total. The van der Waals surface area contributed by atoms with Crippen molar-refractivity contribution in [2.24, 2.45) is 35.0 Å². The van der Waals surface area contributed by atoms with Crippen molar-refractivity contribution in [3.63, 3.8) is 0 Å². The standard InChI is InChI=1S/C19H28O2/c1-11-10-19(2)16(7-8-17(19)21)15-5-3-12-9-13(20)4-6-14(12)18(11)15/h9,11,14-18,21H,3-8,10H2,1-2H3/t11-,14?,15?,16?,17-,18?,19-/m0/s1/i3D2,4D2,9D,14D. The molecule has 4 unspecified atom stereocenters. The molecule has 4 aliphatic rings. The summed E-state index contributed by atoms with van der Waals surface area (Å²) in [7, 11) is 0. The molecule has 0 heterocycles. The van der Waals surface area contributed by atoms with E-state index in [1.165, 1.54) is 0 Å². The zero-order chi connectivity index (χ0) is 20.2. The van der Waals surface area contributed by atoms with Gasteiger partial charge in [0, 0.05) is 13.2 Å². The fraction of sp³-hybridized carbons (Fsp3) is 0.842. The van der Waals surface area contributed by atoms with Crippen LogP contribution in [0.1, 0.15) is 66.9 Å². The van der Waals surface area contributed by atoms with Gasteiger partial charge in [-0.25, -0.2) is 0 Å². The summed E-state index contributed by atoms with van der Waals surface area (Å²) in [6.45, 7) is 4.08. The van der Waals surface area contributed by atoms with Gasteiger partial charge in [-0.3, -0.25) is 4.79 Å². The third-order valence-electron chi connectivity index (χ3n) is 6.63. The highest BCUT2D eigenvalue weighted by atomic mass is 16.3. The highest BCUT2D eigenvalue weighted by molar-refractivity contribution is 5.91. The van der Waals surface area contributed by atoms with E-state index < -0.39 is 36.6 Å². The largest absolute Gasteiger partial charge is 0.393 e. The van der Waals surface area contributed by atoms with E-state index in [4.69, 9.17) is 6.85 Å². The number of hydrogen-bond acceptors (Lipinski definition) is 2. The summed E-state index contributed by atoms with van der Waals surface area (Å²) < 4.78 is 50.9. The number of allylic oxidation sites excluding steroid dienone is 1. The van der Waals surface area contributed by atoms with Gasteiger partial charge in [0.15, 0.2) is 5.78 Å². The predicted molar refractivity (Wildman–Crippen MR) is 82.6 cm³/mol.